The van der Waals surface area contributed by atoms with Gasteiger partial charge in [0.05, 0.1) is 13.2 Å². The number of carbonyl (C=O) groups excluding carboxylic acids is 1. The number of hydrogen-bond acceptors (Lipinski definition) is 7. The molecule has 3 aromatic rings. The van der Waals surface area contributed by atoms with Gasteiger partial charge in [0.15, 0.2) is 17.3 Å². The first-order chi connectivity index (χ1) is 14.7. The second-order valence-corrected chi connectivity index (χ2v) is 6.56. The molecule has 0 fully saturated rings. The van der Waals surface area contributed by atoms with Crippen LogP contribution in [0.15, 0.2) is 53.1 Å². The average Bonchev–Trinajstić information content (AvgIpc) is 3.42. The highest BCUT2D eigenvalue weighted by Gasteiger charge is 2.16. The molecule has 0 radical (unpaired) electrons. The fourth-order valence-corrected chi connectivity index (χ4v) is 3.01. The van der Waals surface area contributed by atoms with Gasteiger partial charge in [0.2, 0.25) is 12.7 Å². The van der Waals surface area contributed by atoms with Gasteiger partial charge in [-0.3, -0.25) is 4.79 Å². The third kappa shape index (κ3) is 4.72. The van der Waals surface area contributed by atoms with Crippen LogP contribution in [-0.4, -0.2) is 31.1 Å². The number of fused-ring (bicyclic) bond motifs is 1. The third-order valence-electron chi connectivity index (χ3n) is 4.45. The summed E-state index contributed by atoms with van der Waals surface area (Å²) >= 11 is 0. The van der Waals surface area contributed by atoms with Crippen molar-refractivity contribution < 1.29 is 28.3 Å². The van der Waals surface area contributed by atoms with Crippen LogP contribution in [0.1, 0.15) is 18.2 Å². The van der Waals surface area contributed by atoms with E-state index in [-0.39, 0.29) is 25.9 Å². The van der Waals surface area contributed by atoms with Crippen molar-refractivity contribution in [3.8, 4) is 28.6 Å². The number of aromatic nitrogens is 1. The Balaban J connectivity index is 1.24. The predicted molar refractivity (Wildman–Crippen MR) is 107 cm³/mol. The Morgan fingerprint density at radius 3 is 2.90 bits per heavy atom. The van der Waals surface area contributed by atoms with E-state index >= 15 is 0 Å². The molecule has 1 aromatic heterocycles. The van der Waals surface area contributed by atoms with Gasteiger partial charge in [-0.1, -0.05) is 23.4 Å². The van der Waals surface area contributed by atoms with Crippen LogP contribution in [-0.2, 0) is 22.7 Å². The van der Waals surface area contributed by atoms with E-state index in [1.54, 1.807) is 6.07 Å². The summed E-state index contributed by atoms with van der Waals surface area (Å²) in [4.78, 5) is 12.1. The van der Waals surface area contributed by atoms with Gasteiger partial charge in [-0.05, 0) is 31.2 Å². The molecular weight excluding hydrogens is 388 g/mol. The number of rotatable bonds is 9. The van der Waals surface area contributed by atoms with E-state index < -0.39 is 0 Å². The van der Waals surface area contributed by atoms with E-state index in [4.69, 9.17) is 23.5 Å². The number of nitrogens with zero attached hydrogens (tertiary/aromatic N) is 1. The van der Waals surface area contributed by atoms with Crippen LogP contribution in [0.3, 0.4) is 0 Å². The smallest absolute Gasteiger partial charge is 0.246 e. The number of para-hydroxylation sites is 1. The summed E-state index contributed by atoms with van der Waals surface area (Å²) in [5, 5.41) is 6.81. The van der Waals surface area contributed by atoms with E-state index in [1.165, 1.54) is 0 Å². The predicted octanol–water partition coefficient (Wildman–Crippen LogP) is 3.30. The maximum absolute atomic E-state index is 12.1. The Labute approximate surface area is 173 Å². The largest absolute Gasteiger partial charge is 0.494 e. The van der Waals surface area contributed by atoms with Crippen LogP contribution >= 0.6 is 0 Å². The Hall–Kier alpha value is -3.52. The Bertz CT molecular complexity index is 1020. The number of carbonyl (C=O) groups is 1. The van der Waals surface area contributed by atoms with Gasteiger partial charge in [-0.2, -0.15) is 0 Å². The molecule has 0 bridgehead atoms. The first-order valence-electron chi connectivity index (χ1n) is 9.63. The van der Waals surface area contributed by atoms with Crippen LogP contribution in [0, 0.1) is 0 Å². The first kappa shape index (κ1) is 19.8. The van der Waals surface area contributed by atoms with E-state index in [0.29, 0.717) is 36.1 Å². The number of benzene rings is 2. The summed E-state index contributed by atoms with van der Waals surface area (Å²) in [5.74, 6) is 2.51. The Morgan fingerprint density at radius 2 is 2.00 bits per heavy atom. The van der Waals surface area contributed by atoms with E-state index in [0.717, 1.165) is 16.9 Å². The second kappa shape index (κ2) is 9.32. The van der Waals surface area contributed by atoms with Gasteiger partial charge in [0, 0.05) is 23.7 Å². The number of hydrogen-bond donors (Lipinski definition) is 1. The molecule has 0 unspecified atom stereocenters. The summed E-state index contributed by atoms with van der Waals surface area (Å²) in [6, 6.07) is 14.9. The summed E-state index contributed by atoms with van der Waals surface area (Å²) in [6.45, 7) is 3.16. The SMILES string of the molecule is CCOc1ccccc1CNC(=O)COCc1cc(-c2ccc3c(c2)OCO3)on1. The third-order valence-corrected chi connectivity index (χ3v) is 4.45. The molecule has 156 valence electrons. The molecule has 1 aliphatic heterocycles. The Morgan fingerprint density at radius 1 is 1.13 bits per heavy atom. The summed E-state index contributed by atoms with van der Waals surface area (Å²) < 4.78 is 27.1. The molecule has 2 heterocycles. The molecule has 0 saturated heterocycles. The first-order valence-corrected chi connectivity index (χ1v) is 9.63. The van der Waals surface area contributed by atoms with Gasteiger partial charge in [0.25, 0.3) is 0 Å². The van der Waals surface area contributed by atoms with Crippen molar-refractivity contribution in [1.29, 1.82) is 0 Å². The maximum atomic E-state index is 12.1. The van der Waals surface area contributed by atoms with Crippen molar-refractivity contribution in [3.63, 3.8) is 0 Å². The summed E-state index contributed by atoms with van der Waals surface area (Å²) in [7, 11) is 0. The van der Waals surface area contributed by atoms with E-state index in [1.807, 2.05) is 49.4 Å². The lowest BCUT2D eigenvalue weighted by Gasteiger charge is -2.11. The highest BCUT2D eigenvalue weighted by molar-refractivity contribution is 5.77. The molecule has 30 heavy (non-hydrogen) atoms. The zero-order valence-corrected chi connectivity index (χ0v) is 16.6. The zero-order chi connectivity index (χ0) is 20.8. The summed E-state index contributed by atoms with van der Waals surface area (Å²) in [5.41, 5.74) is 2.33. The summed E-state index contributed by atoms with van der Waals surface area (Å²) in [6.07, 6.45) is 0. The lowest BCUT2D eigenvalue weighted by Crippen LogP contribution is -2.27. The van der Waals surface area contributed by atoms with Crippen LogP contribution in [0.5, 0.6) is 17.2 Å². The van der Waals surface area contributed by atoms with Gasteiger partial charge in [0.1, 0.15) is 18.1 Å². The number of amides is 1. The molecule has 0 atom stereocenters. The number of nitrogens with one attached hydrogen (secondary N) is 1. The van der Waals surface area contributed by atoms with Crippen LogP contribution in [0.2, 0.25) is 0 Å². The topological polar surface area (TPSA) is 92.1 Å². The van der Waals surface area contributed by atoms with Crippen molar-refractivity contribution in [1.82, 2.24) is 10.5 Å². The minimum Gasteiger partial charge on any atom is -0.494 e. The molecule has 8 heteroatoms. The highest BCUT2D eigenvalue weighted by atomic mass is 16.7. The number of ether oxygens (including phenoxy) is 4. The van der Waals surface area contributed by atoms with Gasteiger partial charge in [-0.15, -0.1) is 0 Å². The van der Waals surface area contributed by atoms with Gasteiger partial charge >= 0.3 is 0 Å². The van der Waals surface area contributed by atoms with Crippen LogP contribution in [0.25, 0.3) is 11.3 Å². The molecule has 0 saturated carbocycles. The van der Waals surface area contributed by atoms with Crippen molar-refractivity contribution in [2.75, 3.05) is 20.0 Å². The molecule has 1 amide bonds. The average molecular weight is 410 g/mol. The van der Waals surface area contributed by atoms with Crippen molar-refractivity contribution in [2.24, 2.45) is 0 Å². The fraction of sp³-hybridized carbons (Fsp3) is 0.273. The van der Waals surface area contributed by atoms with Crippen LogP contribution < -0.4 is 19.5 Å². The molecule has 0 aliphatic carbocycles. The minimum absolute atomic E-state index is 0.0803. The van der Waals surface area contributed by atoms with E-state index in [9.17, 15) is 4.79 Å². The lowest BCUT2D eigenvalue weighted by atomic mass is 10.1. The van der Waals surface area contributed by atoms with Gasteiger partial charge < -0.3 is 28.8 Å². The highest BCUT2D eigenvalue weighted by Crippen LogP contribution is 2.36. The molecule has 1 aliphatic rings. The standard InChI is InChI=1S/C22H22N2O6/c1-2-27-18-6-4-3-5-16(18)11-23-22(25)13-26-12-17-10-20(30-24-17)15-7-8-19-21(9-15)29-14-28-19/h3-10H,2,11-14H2,1H3,(H,23,25). The Kier molecular flexibility index (Phi) is 6.14. The zero-order valence-electron chi connectivity index (χ0n) is 16.6. The molecule has 1 N–H and O–H groups in total. The monoisotopic (exact) mass is 410 g/mol. The van der Waals surface area contributed by atoms with Crippen molar-refractivity contribution >= 4 is 5.91 Å². The minimum atomic E-state index is -0.221. The van der Waals surface area contributed by atoms with Crippen LogP contribution in [0.4, 0.5) is 0 Å². The molecule has 0 spiro atoms. The van der Waals surface area contributed by atoms with E-state index in [2.05, 4.69) is 10.5 Å². The maximum Gasteiger partial charge on any atom is 0.246 e. The van der Waals surface area contributed by atoms with Crippen molar-refractivity contribution in [3.05, 3.63) is 59.8 Å². The molecule has 8 nitrogen and oxygen atoms in total. The second-order valence-electron chi connectivity index (χ2n) is 6.56. The molecule has 4 rings (SSSR count). The lowest BCUT2D eigenvalue weighted by molar-refractivity contribution is -0.126. The fourth-order valence-electron chi connectivity index (χ4n) is 3.01. The quantitative estimate of drug-likeness (QED) is 0.579. The van der Waals surface area contributed by atoms with Gasteiger partial charge in [-0.25, -0.2) is 0 Å². The molecular formula is C22H22N2O6. The normalized spacial score (nSPS) is 12.0. The van der Waals surface area contributed by atoms with Crippen molar-refractivity contribution in [2.45, 2.75) is 20.1 Å². The molecule has 2 aromatic carbocycles.